The number of benzene rings is 1. The molecule has 0 spiro atoms. The van der Waals surface area contributed by atoms with Gasteiger partial charge in [-0.1, -0.05) is 32.0 Å². The van der Waals surface area contributed by atoms with Crippen LogP contribution in [0.15, 0.2) is 24.3 Å². The zero-order valence-corrected chi connectivity index (χ0v) is 12.8. The van der Waals surface area contributed by atoms with Crippen molar-refractivity contribution in [3.05, 3.63) is 29.8 Å². The Hall–Kier alpha value is -1.55. The second-order valence-electron chi connectivity index (χ2n) is 6.11. The van der Waals surface area contributed by atoms with Crippen molar-refractivity contribution in [3.8, 4) is 5.75 Å². The van der Waals surface area contributed by atoms with Crippen molar-refractivity contribution in [2.45, 2.75) is 34.2 Å². The van der Waals surface area contributed by atoms with Crippen molar-refractivity contribution < 1.29 is 14.6 Å². The largest absolute Gasteiger partial charge is 0.492 e. The lowest BCUT2D eigenvalue weighted by Gasteiger charge is -2.21. The molecule has 0 unspecified atom stereocenters. The molecule has 0 heterocycles. The summed E-state index contributed by atoms with van der Waals surface area (Å²) in [5, 5.41) is 12.5. The third kappa shape index (κ3) is 5.21. The van der Waals surface area contributed by atoms with Crippen molar-refractivity contribution in [1.82, 2.24) is 5.32 Å². The van der Waals surface area contributed by atoms with Crippen molar-refractivity contribution >= 4 is 5.97 Å². The molecule has 4 heteroatoms. The second kappa shape index (κ2) is 7.29. The molecule has 0 amide bonds. The van der Waals surface area contributed by atoms with Crippen LogP contribution in [0.2, 0.25) is 0 Å². The molecular formula is C16H25NO3. The fourth-order valence-corrected chi connectivity index (χ4v) is 1.61. The average Bonchev–Trinajstić information content (AvgIpc) is 2.37. The number of rotatable bonds is 8. The van der Waals surface area contributed by atoms with Crippen LogP contribution in [-0.2, 0) is 11.3 Å². The van der Waals surface area contributed by atoms with E-state index in [1.54, 1.807) is 13.8 Å². The predicted molar refractivity (Wildman–Crippen MR) is 79.9 cm³/mol. The first-order valence-electron chi connectivity index (χ1n) is 6.98. The van der Waals surface area contributed by atoms with Gasteiger partial charge in [-0.15, -0.1) is 0 Å². The molecule has 0 radical (unpaired) electrons. The topological polar surface area (TPSA) is 58.6 Å². The Morgan fingerprint density at radius 2 is 2.00 bits per heavy atom. The smallest absolute Gasteiger partial charge is 0.312 e. The van der Waals surface area contributed by atoms with Gasteiger partial charge in [0.15, 0.2) is 0 Å². The zero-order chi connectivity index (χ0) is 15.2. The first-order chi connectivity index (χ1) is 9.33. The van der Waals surface area contributed by atoms with E-state index in [9.17, 15) is 4.79 Å². The highest BCUT2D eigenvalue weighted by Gasteiger charge is 2.28. The number of para-hydroxylation sites is 1. The first kappa shape index (κ1) is 16.5. The van der Waals surface area contributed by atoms with E-state index in [2.05, 4.69) is 19.2 Å². The summed E-state index contributed by atoms with van der Waals surface area (Å²) in [6.45, 7) is 9.46. The zero-order valence-electron chi connectivity index (χ0n) is 12.8. The molecule has 0 aliphatic rings. The van der Waals surface area contributed by atoms with Crippen molar-refractivity contribution in [3.63, 3.8) is 0 Å². The Bertz CT molecular complexity index is 441. The SMILES string of the molecule is CC(C)CNCc1ccccc1OCC(C)(C)C(=O)O. The molecule has 1 aromatic rings. The standard InChI is InChI=1S/C16H25NO3/c1-12(2)9-17-10-13-7-5-6-8-14(13)20-11-16(3,4)15(18)19/h5-8,12,17H,9-11H2,1-4H3,(H,18,19). The van der Waals surface area contributed by atoms with Crippen LogP contribution in [0.4, 0.5) is 0 Å². The van der Waals surface area contributed by atoms with Gasteiger partial charge in [-0.2, -0.15) is 0 Å². The summed E-state index contributed by atoms with van der Waals surface area (Å²) in [7, 11) is 0. The van der Waals surface area contributed by atoms with E-state index in [0.29, 0.717) is 5.92 Å². The fraction of sp³-hybridized carbons (Fsp3) is 0.562. The van der Waals surface area contributed by atoms with Crippen LogP contribution in [0.25, 0.3) is 0 Å². The van der Waals surface area contributed by atoms with E-state index in [1.165, 1.54) is 0 Å². The van der Waals surface area contributed by atoms with Crippen LogP contribution >= 0.6 is 0 Å². The molecule has 2 N–H and O–H groups in total. The number of carboxylic acid groups (broad SMARTS) is 1. The minimum atomic E-state index is -0.890. The van der Waals surface area contributed by atoms with E-state index in [0.717, 1.165) is 24.4 Å². The minimum Gasteiger partial charge on any atom is -0.492 e. The highest BCUT2D eigenvalue weighted by Crippen LogP contribution is 2.22. The van der Waals surface area contributed by atoms with Crippen LogP contribution in [0, 0.1) is 11.3 Å². The van der Waals surface area contributed by atoms with Crippen LogP contribution in [0.5, 0.6) is 5.75 Å². The number of aliphatic carboxylic acids is 1. The Balaban J connectivity index is 2.63. The van der Waals surface area contributed by atoms with E-state index >= 15 is 0 Å². The first-order valence-corrected chi connectivity index (χ1v) is 6.98. The molecule has 0 aliphatic heterocycles. The summed E-state index contributed by atoms with van der Waals surface area (Å²) >= 11 is 0. The van der Waals surface area contributed by atoms with Gasteiger partial charge in [-0.3, -0.25) is 4.79 Å². The molecule has 112 valence electrons. The molecule has 0 aromatic heterocycles. The Morgan fingerprint density at radius 1 is 1.35 bits per heavy atom. The monoisotopic (exact) mass is 279 g/mol. The summed E-state index contributed by atoms with van der Waals surface area (Å²) in [6, 6.07) is 7.73. The van der Waals surface area contributed by atoms with Gasteiger partial charge in [0, 0.05) is 12.1 Å². The maximum atomic E-state index is 11.1. The van der Waals surface area contributed by atoms with E-state index in [1.807, 2.05) is 24.3 Å². The highest BCUT2D eigenvalue weighted by molar-refractivity contribution is 5.73. The maximum Gasteiger partial charge on any atom is 0.312 e. The van der Waals surface area contributed by atoms with Gasteiger partial charge >= 0.3 is 5.97 Å². The van der Waals surface area contributed by atoms with Crippen LogP contribution < -0.4 is 10.1 Å². The third-order valence-corrected chi connectivity index (χ3v) is 3.01. The van der Waals surface area contributed by atoms with Gasteiger partial charge in [-0.25, -0.2) is 0 Å². The van der Waals surface area contributed by atoms with Gasteiger partial charge in [0.05, 0.1) is 5.41 Å². The normalized spacial score (nSPS) is 11.7. The Morgan fingerprint density at radius 3 is 2.60 bits per heavy atom. The summed E-state index contributed by atoms with van der Waals surface area (Å²) < 4.78 is 5.70. The average molecular weight is 279 g/mol. The van der Waals surface area contributed by atoms with Gasteiger partial charge in [0.2, 0.25) is 0 Å². The molecule has 0 fully saturated rings. The molecule has 4 nitrogen and oxygen atoms in total. The van der Waals surface area contributed by atoms with Crippen LogP contribution in [0.1, 0.15) is 33.3 Å². The Kier molecular flexibility index (Phi) is 6.02. The molecule has 0 aliphatic carbocycles. The van der Waals surface area contributed by atoms with Gasteiger partial charge in [-0.05, 0) is 32.4 Å². The molecule has 0 bridgehead atoms. The summed E-state index contributed by atoms with van der Waals surface area (Å²) in [4.78, 5) is 11.1. The molecule has 1 aromatic carbocycles. The lowest BCUT2D eigenvalue weighted by molar-refractivity contribution is -0.148. The summed E-state index contributed by atoms with van der Waals surface area (Å²) in [5.74, 6) is 0.486. The van der Waals surface area contributed by atoms with Crippen molar-refractivity contribution in [1.29, 1.82) is 0 Å². The predicted octanol–water partition coefficient (Wildman–Crippen LogP) is 2.92. The minimum absolute atomic E-state index is 0.156. The molecule has 0 saturated heterocycles. The maximum absolute atomic E-state index is 11.1. The number of hydrogen-bond acceptors (Lipinski definition) is 3. The van der Waals surface area contributed by atoms with Crippen LogP contribution in [-0.4, -0.2) is 24.2 Å². The Labute approximate surface area is 121 Å². The lowest BCUT2D eigenvalue weighted by atomic mass is 9.95. The lowest BCUT2D eigenvalue weighted by Crippen LogP contribution is -2.31. The number of nitrogens with one attached hydrogen (secondary N) is 1. The third-order valence-electron chi connectivity index (χ3n) is 3.01. The number of carbonyl (C=O) groups is 1. The summed E-state index contributed by atoms with van der Waals surface area (Å²) in [6.07, 6.45) is 0. The number of carboxylic acids is 1. The molecule has 20 heavy (non-hydrogen) atoms. The van der Waals surface area contributed by atoms with Crippen molar-refractivity contribution in [2.75, 3.05) is 13.2 Å². The molecule has 0 atom stereocenters. The van der Waals surface area contributed by atoms with E-state index < -0.39 is 11.4 Å². The second-order valence-corrected chi connectivity index (χ2v) is 6.11. The van der Waals surface area contributed by atoms with Gasteiger partial charge < -0.3 is 15.2 Å². The molecule has 1 rings (SSSR count). The van der Waals surface area contributed by atoms with Crippen LogP contribution in [0.3, 0.4) is 0 Å². The van der Waals surface area contributed by atoms with Gasteiger partial charge in [0.1, 0.15) is 12.4 Å². The summed E-state index contributed by atoms with van der Waals surface area (Å²) in [5.41, 5.74) is 0.160. The van der Waals surface area contributed by atoms with E-state index in [-0.39, 0.29) is 6.61 Å². The highest BCUT2D eigenvalue weighted by atomic mass is 16.5. The van der Waals surface area contributed by atoms with Crippen molar-refractivity contribution in [2.24, 2.45) is 11.3 Å². The number of hydrogen-bond donors (Lipinski definition) is 2. The fourth-order valence-electron chi connectivity index (χ4n) is 1.61. The molecular weight excluding hydrogens is 254 g/mol. The quantitative estimate of drug-likeness (QED) is 0.768. The van der Waals surface area contributed by atoms with E-state index in [4.69, 9.17) is 9.84 Å². The molecule has 0 saturated carbocycles. The number of ether oxygens (including phenoxy) is 1. The van der Waals surface area contributed by atoms with Gasteiger partial charge in [0.25, 0.3) is 0 Å².